The smallest absolute Gasteiger partial charge is 0.181 e. The Bertz CT molecular complexity index is 548. The van der Waals surface area contributed by atoms with E-state index in [0.29, 0.717) is 12.4 Å². The molecule has 0 aromatic carbocycles. The molecule has 0 bridgehead atoms. The summed E-state index contributed by atoms with van der Waals surface area (Å²) in [4.78, 5) is 8.73. The SMILES string of the molecule is CNc1cc(Sc2nnc(SC)s2)nc(COC)n1. The van der Waals surface area contributed by atoms with Crippen molar-refractivity contribution in [2.75, 3.05) is 25.7 Å². The summed E-state index contributed by atoms with van der Waals surface area (Å²) < 4.78 is 6.88. The second-order valence-electron chi connectivity index (χ2n) is 3.33. The zero-order valence-corrected chi connectivity index (χ0v) is 13.2. The molecule has 0 amide bonds. The van der Waals surface area contributed by atoms with Gasteiger partial charge in [0, 0.05) is 20.2 Å². The van der Waals surface area contributed by atoms with Crippen molar-refractivity contribution >= 4 is 40.7 Å². The minimum atomic E-state index is 0.384. The summed E-state index contributed by atoms with van der Waals surface area (Å²) in [7, 11) is 3.45. The van der Waals surface area contributed by atoms with Crippen LogP contribution < -0.4 is 5.32 Å². The van der Waals surface area contributed by atoms with Crippen molar-refractivity contribution in [2.45, 2.75) is 20.3 Å². The first-order chi connectivity index (χ1) is 9.25. The predicted molar refractivity (Wildman–Crippen MR) is 78.1 cm³/mol. The molecule has 0 aliphatic heterocycles. The summed E-state index contributed by atoms with van der Waals surface area (Å²) in [5.74, 6) is 1.41. The minimum Gasteiger partial charge on any atom is -0.377 e. The molecule has 2 aromatic heterocycles. The van der Waals surface area contributed by atoms with Gasteiger partial charge in [0.1, 0.15) is 17.5 Å². The number of nitrogens with one attached hydrogen (secondary N) is 1. The Morgan fingerprint density at radius 3 is 2.74 bits per heavy atom. The Labute approximate surface area is 123 Å². The molecule has 9 heteroatoms. The van der Waals surface area contributed by atoms with Gasteiger partial charge in [-0.2, -0.15) is 0 Å². The van der Waals surface area contributed by atoms with Crippen LogP contribution in [-0.4, -0.2) is 40.6 Å². The molecule has 0 aliphatic carbocycles. The second kappa shape index (κ2) is 7.04. The average molecular weight is 315 g/mol. The van der Waals surface area contributed by atoms with E-state index in [1.165, 1.54) is 11.8 Å². The molecular weight excluding hydrogens is 302 g/mol. The number of anilines is 1. The third-order valence-corrected chi connectivity index (χ3v) is 4.90. The van der Waals surface area contributed by atoms with Crippen molar-refractivity contribution in [1.29, 1.82) is 0 Å². The highest BCUT2D eigenvalue weighted by Gasteiger charge is 2.09. The van der Waals surface area contributed by atoms with Crippen LogP contribution >= 0.6 is 34.9 Å². The summed E-state index contributed by atoms with van der Waals surface area (Å²) >= 11 is 4.62. The van der Waals surface area contributed by atoms with Gasteiger partial charge in [0.25, 0.3) is 0 Å². The zero-order chi connectivity index (χ0) is 13.7. The van der Waals surface area contributed by atoms with Gasteiger partial charge in [-0.1, -0.05) is 23.1 Å². The maximum Gasteiger partial charge on any atom is 0.181 e. The highest BCUT2D eigenvalue weighted by Crippen LogP contribution is 2.32. The molecule has 0 aliphatic rings. The fourth-order valence-corrected chi connectivity index (χ4v) is 3.66. The van der Waals surface area contributed by atoms with Crippen LogP contribution in [0.3, 0.4) is 0 Å². The van der Waals surface area contributed by atoms with E-state index in [1.54, 1.807) is 30.2 Å². The lowest BCUT2D eigenvalue weighted by molar-refractivity contribution is 0.177. The van der Waals surface area contributed by atoms with Gasteiger partial charge in [-0.3, -0.25) is 0 Å². The molecule has 6 nitrogen and oxygen atoms in total. The Balaban J connectivity index is 2.20. The average Bonchev–Trinajstić information content (AvgIpc) is 2.86. The van der Waals surface area contributed by atoms with Gasteiger partial charge in [-0.05, 0) is 18.0 Å². The second-order valence-corrected chi connectivity index (χ2v) is 6.63. The zero-order valence-electron chi connectivity index (χ0n) is 10.7. The van der Waals surface area contributed by atoms with Crippen LogP contribution in [0.4, 0.5) is 5.82 Å². The van der Waals surface area contributed by atoms with Gasteiger partial charge >= 0.3 is 0 Å². The maximum atomic E-state index is 5.06. The van der Waals surface area contributed by atoms with Crippen molar-refractivity contribution in [2.24, 2.45) is 0 Å². The molecule has 0 fully saturated rings. The number of nitrogens with zero attached hydrogens (tertiary/aromatic N) is 4. The molecule has 2 aromatic rings. The molecular formula is C10H13N5OS3. The van der Waals surface area contributed by atoms with E-state index < -0.39 is 0 Å². The Morgan fingerprint density at radius 1 is 1.32 bits per heavy atom. The van der Waals surface area contributed by atoms with Crippen LogP contribution in [0, 0.1) is 0 Å². The molecule has 1 N–H and O–H groups in total. The van der Waals surface area contributed by atoms with Crippen molar-refractivity contribution in [3.63, 3.8) is 0 Å². The quantitative estimate of drug-likeness (QED) is 0.643. The largest absolute Gasteiger partial charge is 0.377 e. The number of hydrogen-bond acceptors (Lipinski definition) is 9. The summed E-state index contributed by atoms with van der Waals surface area (Å²) in [6.07, 6.45) is 1.98. The lowest BCUT2D eigenvalue weighted by Gasteiger charge is -2.05. The molecule has 19 heavy (non-hydrogen) atoms. The number of aromatic nitrogens is 4. The Morgan fingerprint density at radius 2 is 2.11 bits per heavy atom. The van der Waals surface area contributed by atoms with Crippen LogP contribution in [0.2, 0.25) is 0 Å². The fourth-order valence-electron chi connectivity index (χ4n) is 1.26. The van der Waals surface area contributed by atoms with Crippen molar-refractivity contribution in [1.82, 2.24) is 20.2 Å². The van der Waals surface area contributed by atoms with Crippen LogP contribution in [0.5, 0.6) is 0 Å². The maximum absolute atomic E-state index is 5.06. The number of hydrogen-bond donors (Lipinski definition) is 1. The van der Waals surface area contributed by atoms with Gasteiger partial charge in [0.15, 0.2) is 14.5 Å². The molecule has 0 saturated carbocycles. The van der Waals surface area contributed by atoms with E-state index in [-0.39, 0.29) is 0 Å². The van der Waals surface area contributed by atoms with Gasteiger partial charge in [0.05, 0.1) is 0 Å². The molecule has 0 unspecified atom stereocenters. The normalized spacial score (nSPS) is 10.7. The topological polar surface area (TPSA) is 72.8 Å². The highest BCUT2D eigenvalue weighted by atomic mass is 32.2. The summed E-state index contributed by atoms with van der Waals surface area (Å²) in [6.45, 7) is 0.384. The summed E-state index contributed by atoms with van der Waals surface area (Å²) in [6, 6.07) is 1.88. The summed E-state index contributed by atoms with van der Waals surface area (Å²) in [5.41, 5.74) is 0. The molecule has 2 heterocycles. The monoisotopic (exact) mass is 315 g/mol. The minimum absolute atomic E-state index is 0.384. The van der Waals surface area contributed by atoms with Gasteiger partial charge < -0.3 is 10.1 Å². The van der Waals surface area contributed by atoms with E-state index in [0.717, 1.165) is 19.5 Å². The van der Waals surface area contributed by atoms with Gasteiger partial charge in [-0.15, -0.1) is 10.2 Å². The molecule has 102 valence electrons. The standard InChI is InChI=1S/C10H13N5OS3/c1-11-6-4-8(13-7(12-6)5-16-2)18-10-15-14-9(17-3)19-10/h4H,5H2,1-3H3,(H,11,12,13). The van der Waals surface area contributed by atoms with Crippen LogP contribution in [0.15, 0.2) is 19.8 Å². The fraction of sp³-hybridized carbons (Fsp3) is 0.400. The third kappa shape index (κ3) is 4.03. The first kappa shape index (κ1) is 14.5. The van der Waals surface area contributed by atoms with Crippen LogP contribution in [0.1, 0.15) is 5.82 Å². The molecule has 0 radical (unpaired) electrons. The first-order valence-corrected chi connectivity index (χ1v) is 8.21. The van der Waals surface area contributed by atoms with E-state index in [4.69, 9.17) is 4.74 Å². The van der Waals surface area contributed by atoms with E-state index in [2.05, 4.69) is 25.5 Å². The van der Waals surface area contributed by atoms with Gasteiger partial charge in [-0.25, -0.2) is 9.97 Å². The van der Waals surface area contributed by atoms with E-state index in [1.807, 2.05) is 19.4 Å². The highest BCUT2D eigenvalue weighted by molar-refractivity contribution is 8.02. The number of ether oxygens (including phenoxy) is 1. The lowest BCUT2D eigenvalue weighted by Crippen LogP contribution is -2.02. The Kier molecular flexibility index (Phi) is 5.37. The van der Waals surface area contributed by atoms with Gasteiger partial charge in [0.2, 0.25) is 0 Å². The van der Waals surface area contributed by atoms with E-state index in [9.17, 15) is 0 Å². The third-order valence-electron chi connectivity index (χ3n) is 2.03. The number of thioether (sulfide) groups is 1. The molecule has 0 atom stereocenters. The van der Waals surface area contributed by atoms with Crippen LogP contribution in [-0.2, 0) is 11.3 Å². The van der Waals surface area contributed by atoms with Crippen LogP contribution in [0.25, 0.3) is 0 Å². The molecule has 0 spiro atoms. The van der Waals surface area contributed by atoms with Crippen molar-refractivity contribution < 1.29 is 4.74 Å². The first-order valence-electron chi connectivity index (χ1n) is 5.35. The molecule has 2 rings (SSSR count). The predicted octanol–water partition coefficient (Wildman–Crippen LogP) is 2.39. The number of methoxy groups -OCH3 is 1. The van der Waals surface area contributed by atoms with Crippen molar-refractivity contribution in [3.8, 4) is 0 Å². The van der Waals surface area contributed by atoms with E-state index >= 15 is 0 Å². The van der Waals surface area contributed by atoms with Crippen molar-refractivity contribution in [3.05, 3.63) is 11.9 Å². The lowest BCUT2D eigenvalue weighted by atomic mass is 10.5. The summed E-state index contributed by atoms with van der Waals surface area (Å²) in [5, 5.41) is 12.0. The number of rotatable bonds is 6. The Hall–Kier alpha value is -0.900. The molecule has 0 saturated heterocycles.